The Balaban J connectivity index is 1.47. The quantitative estimate of drug-likeness (QED) is 0.868. The molecule has 1 saturated carbocycles. The van der Waals surface area contributed by atoms with Crippen molar-refractivity contribution in [1.82, 2.24) is 10.2 Å². The van der Waals surface area contributed by atoms with Crippen LogP contribution < -0.4 is 5.32 Å². The number of hydrogen-bond acceptors (Lipinski definition) is 3. The van der Waals surface area contributed by atoms with Gasteiger partial charge >= 0.3 is 6.03 Å². The smallest absolute Gasteiger partial charge is 0.317 e. The minimum Gasteiger partial charge on any atom is -0.396 e. The second-order valence-electron chi connectivity index (χ2n) is 6.71. The van der Waals surface area contributed by atoms with Gasteiger partial charge in [-0.2, -0.15) is 0 Å². The van der Waals surface area contributed by atoms with Gasteiger partial charge in [-0.3, -0.25) is 0 Å². The Morgan fingerprint density at radius 2 is 2.04 bits per heavy atom. The van der Waals surface area contributed by atoms with E-state index in [0.717, 1.165) is 32.1 Å². The van der Waals surface area contributed by atoms with Gasteiger partial charge in [0.2, 0.25) is 0 Å². The number of hydrogen-bond donors (Lipinski definition) is 2. The monoisotopic (exact) mass is 346 g/mol. The predicted octanol–water partition coefficient (Wildman–Crippen LogP) is 3.64. The van der Waals surface area contributed by atoms with E-state index in [-0.39, 0.29) is 12.6 Å². The molecule has 1 fully saturated rings. The first kappa shape index (κ1) is 17.2. The lowest BCUT2D eigenvalue weighted by Gasteiger charge is -2.34. The summed E-state index contributed by atoms with van der Waals surface area (Å²) in [4.78, 5) is 14.2. The summed E-state index contributed by atoms with van der Waals surface area (Å²) in [6.45, 7) is 0.938. The van der Waals surface area contributed by atoms with Crippen LogP contribution in [0.1, 0.15) is 31.2 Å². The zero-order chi connectivity index (χ0) is 16.9. The molecule has 2 N–H and O–H groups in total. The van der Waals surface area contributed by atoms with E-state index < -0.39 is 0 Å². The number of thiophene rings is 1. The van der Waals surface area contributed by atoms with Crippen LogP contribution in [-0.4, -0.2) is 42.3 Å². The summed E-state index contributed by atoms with van der Waals surface area (Å²) in [5.74, 6) is 0.421. The largest absolute Gasteiger partial charge is 0.396 e. The fourth-order valence-corrected chi connectivity index (χ4v) is 4.53. The second kappa shape index (κ2) is 7.99. The third-order valence-corrected chi connectivity index (χ3v) is 6.19. The molecule has 2 aromatic rings. The summed E-state index contributed by atoms with van der Waals surface area (Å²) in [5.41, 5.74) is 1.31. The van der Waals surface area contributed by atoms with Crippen LogP contribution in [0.15, 0.2) is 29.6 Å². The van der Waals surface area contributed by atoms with Crippen LogP contribution in [0.5, 0.6) is 0 Å². The molecule has 0 spiro atoms. The third-order valence-electron chi connectivity index (χ3n) is 5.17. The van der Waals surface area contributed by atoms with Gasteiger partial charge in [0.15, 0.2) is 0 Å². The number of rotatable bonds is 5. The molecule has 1 aromatic carbocycles. The van der Waals surface area contributed by atoms with Gasteiger partial charge in [-0.1, -0.05) is 18.2 Å². The summed E-state index contributed by atoms with van der Waals surface area (Å²) in [5, 5.41) is 15.8. The third kappa shape index (κ3) is 3.90. The van der Waals surface area contributed by atoms with Crippen LogP contribution in [0.2, 0.25) is 0 Å². The van der Waals surface area contributed by atoms with Crippen molar-refractivity contribution in [3.05, 3.63) is 35.2 Å². The first-order valence-electron chi connectivity index (χ1n) is 8.75. The van der Waals surface area contributed by atoms with E-state index in [4.69, 9.17) is 0 Å². The van der Waals surface area contributed by atoms with Crippen LogP contribution in [0.25, 0.3) is 10.1 Å². The number of aliphatic hydroxyl groups excluding tert-OH is 1. The lowest BCUT2D eigenvalue weighted by Crippen LogP contribution is -2.45. The average Bonchev–Trinajstić information content (AvgIpc) is 3.04. The van der Waals surface area contributed by atoms with E-state index in [9.17, 15) is 9.90 Å². The Hall–Kier alpha value is -1.59. The Kier molecular flexibility index (Phi) is 5.74. The van der Waals surface area contributed by atoms with Gasteiger partial charge in [-0.25, -0.2) is 4.79 Å². The van der Waals surface area contributed by atoms with E-state index in [1.807, 2.05) is 11.9 Å². The number of aliphatic hydroxyl groups is 1. The number of fused-ring (bicyclic) bond motifs is 1. The second-order valence-corrected chi connectivity index (χ2v) is 7.62. The van der Waals surface area contributed by atoms with Crippen LogP contribution in [0.3, 0.4) is 0 Å². The summed E-state index contributed by atoms with van der Waals surface area (Å²) in [6.07, 6.45) is 4.87. The fourth-order valence-electron chi connectivity index (χ4n) is 3.54. The van der Waals surface area contributed by atoms with Crippen LogP contribution >= 0.6 is 11.3 Å². The van der Waals surface area contributed by atoms with Gasteiger partial charge in [0.05, 0.1) is 0 Å². The lowest BCUT2D eigenvalue weighted by atomic mass is 9.86. The number of nitrogens with zero attached hydrogens (tertiary/aromatic N) is 1. The first-order valence-corrected chi connectivity index (χ1v) is 9.63. The van der Waals surface area contributed by atoms with Gasteiger partial charge in [0, 0.05) is 30.9 Å². The molecule has 0 aliphatic heterocycles. The molecule has 1 aliphatic rings. The Bertz CT molecular complexity index is 677. The molecule has 0 atom stereocenters. The maximum absolute atomic E-state index is 12.4. The SMILES string of the molecule is CN(C(=O)NCCc1csc2ccccc12)C1CCC(CO)CC1. The van der Waals surface area contributed by atoms with Gasteiger partial charge in [-0.15, -0.1) is 11.3 Å². The number of nitrogens with one attached hydrogen (secondary N) is 1. The zero-order valence-corrected chi connectivity index (χ0v) is 15.0. The maximum Gasteiger partial charge on any atom is 0.317 e. The van der Waals surface area contributed by atoms with E-state index in [0.29, 0.717) is 18.5 Å². The molecule has 1 aromatic heterocycles. The van der Waals surface area contributed by atoms with E-state index in [2.05, 4.69) is 35.0 Å². The van der Waals surface area contributed by atoms with Crippen LogP contribution in [0, 0.1) is 5.92 Å². The topological polar surface area (TPSA) is 52.6 Å². The van der Waals surface area contributed by atoms with Crippen molar-refractivity contribution < 1.29 is 9.90 Å². The molecule has 3 rings (SSSR count). The average molecular weight is 346 g/mol. The van der Waals surface area contributed by atoms with Gasteiger partial charge < -0.3 is 15.3 Å². The first-order chi connectivity index (χ1) is 11.7. The highest BCUT2D eigenvalue weighted by Gasteiger charge is 2.25. The van der Waals surface area contributed by atoms with E-state index in [1.54, 1.807) is 11.3 Å². The highest BCUT2D eigenvalue weighted by Crippen LogP contribution is 2.27. The van der Waals surface area contributed by atoms with E-state index in [1.165, 1.54) is 15.6 Å². The number of amides is 2. The van der Waals surface area contributed by atoms with Crippen LogP contribution in [0.4, 0.5) is 4.79 Å². The van der Waals surface area contributed by atoms with E-state index >= 15 is 0 Å². The molecule has 0 bridgehead atoms. The molecule has 1 aliphatic carbocycles. The molecule has 130 valence electrons. The van der Waals surface area contributed by atoms with Crippen LogP contribution in [-0.2, 0) is 6.42 Å². The van der Waals surface area contributed by atoms with Crippen molar-refractivity contribution in [3.8, 4) is 0 Å². The molecule has 4 nitrogen and oxygen atoms in total. The number of carbonyl (C=O) groups is 1. The minimum atomic E-state index is 0.0157. The fraction of sp³-hybridized carbons (Fsp3) is 0.526. The molecule has 5 heteroatoms. The highest BCUT2D eigenvalue weighted by atomic mass is 32.1. The maximum atomic E-state index is 12.4. The number of carbonyl (C=O) groups excluding carboxylic acids is 1. The minimum absolute atomic E-state index is 0.0157. The van der Waals surface area contributed by atoms with Gasteiger partial charge in [0.25, 0.3) is 0 Å². The van der Waals surface area contributed by atoms with Crippen molar-refractivity contribution >= 4 is 27.5 Å². The van der Waals surface area contributed by atoms with Crippen molar-refractivity contribution in [2.24, 2.45) is 5.92 Å². The van der Waals surface area contributed by atoms with Crippen molar-refractivity contribution in [1.29, 1.82) is 0 Å². The molecule has 0 saturated heterocycles. The Morgan fingerprint density at radius 3 is 2.79 bits per heavy atom. The summed E-state index contributed by atoms with van der Waals surface area (Å²) < 4.78 is 1.30. The zero-order valence-electron chi connectivity index (χ0n) is 14.2. The number of benzene rings is 1. The molecular weight excluding hydrogens is 320 g/mol. The molecule has 0 unspecified atom stereocenters. The normalized spacial score (nSPS) is 20.9. The summed E-state index contributed by atoms with van der Waals surface area (Å²) in [6, 6.07) is 8.72. The van der Waals surface area contributed by atoms with Crippen molar-refractivity contribution in [3.63, 3.8) is 0 Å². The Labute approximate surface area is 147 Å². The van der Waals surface area contributed by atoms with Crippen molar-refractivity contribution in [2.45, 2.75) is 38.1 Å². The molecule has 2 amide bonds. The summed E-state index contributed by atoms with van der Waals surface area (Å²) in [7, 11) is 1.89. The predicted molar refractivity (Wildman–Crippen MR) is 99.5 cm³/mol. The van der Waals surface area contributed by atoms with Gasteiger partial charge in [-0.05, 0) is 60.4 Å². The molecule has 24 heavy (non-hydrogen) atoms. The molecule has 1 heterocycles. The highest BCUT2D eigenvalue weighted by molar-refractivity contribution is 7.17. The standard InChI is InChI=1S/C19H26N2O2S/c1-21(16-8-6-14(12-22)7-9-16)19(23)20-11-10-15-13-24-18-5-3-2-4-17(15)18/h2-5,13-14,16,22H,6-12H2,1H3,(H,20,23). The molecule has 0 radical (unpaired) electrons. The van der Waals surface area contributed by atoms with Gasteiger partial charge in [0.1, 0.15) is 0 Å². The number of urea groups is 1. The van der Waals surface area contributed by atoms with Crippen molar-refractivity contribution in [2.75, 3.05) is 20.2 Å². The molecular formula is C19H26N2O2S. The summed E-state index contributed by atoms with van der Waals surface area (Å²) >= 11 is 1.76. The lowest BCUT2D eigenvalue weighted by molar-refractivity contribution is 0.134. The Morgan fingerprint density at radius 1 is 1.29 bits per heavy atom.